The van der Waals surface area contributed by atoms with Gasteiger partial charge >= 0.3 is 6.36 Å². The first kappa shape index (κ1) is 15.1. The van der Waals surface area contributed by atoms with E-state index in [4.69, 9.17) is 4.74 Å². The predicted molar refractivity (Wildman–Crippen MR) is 66.4 cm³/mol. The van der Waals surface area contributed by atoms with Crippen LogP contribution in [0.15, 0.2) is 24.3 Å². The number of alkyl halides is 3. The van der Waals surface area contributed by atoms with E-state index in [0.717, 1.165) is 18.6 Å². The van der Waals surface area contributed by atoms with Crippen molar-refractivity contribution in [3.63, 3.8) is 0 Å². The Morgan fingerprint density at radius 3 is 2.55 bits per heavy atom. The zero-order chi connectivity index (χ0) is 14.6. The number of halogens is 3. The van der Waals surface area contributed by atoms with E-state index >= 15 is 0 Å². The number of hydrogen-bond donors (Lipinski definition) is 1. The summed E-state index contributed by atoms with van der Waals surface area (Å²) in [7, 11) is 0. The van der Waals surface area contributed by atoms with Crippen molar-refractivity contribution in [2.45, 2.75) is 31.7 Å². The van der Waals surface area contributed by atoms with Gasteiger partial charge in [0.2, 0.25) is 0 Å². The van der Waals surface area contributed by atoms with Gasteiger partial charge in [0.05, 0.1) is 6.10 Å². The molecule has 0 bridgehead atoms. The summed E-state index contributed by atoms with van der Waals surface area (Å²) < 4.78 is 45.0. The number of aliphatic hydroxyl groups excluding tert-OH is 1. The third-order valence-corrected chi connectivity index (χ3v) is 3.26. The maximum absolute atomic E-state index is 12.0. The number of rotatable bonds is 5. The quantitative estimate of drug-likeness (QED) is 0.906. The number of benzene rings is 1. The average molecular weight is 290 g/mol. The Hall–Kier alpha value is -1.27. The van der Waals surface area contributed by atoms with Crippen molar-refractivity contribution in [2.75, 3.05) is 13.2 Å². The van der Waals surface area contributed by atoms with Crippen LogP contribution in [0.1, 0.15) is 18.4 Å². The van der Waals surface area contributed by atoms with Gasteiger partial charge < -0.3 is 14.6 Å². The summed E-state index contributed by atoms with van der Waals surface area (Å²) in [5.41, 5.74) is 0.783. The molecule has 1 saturated heterocycles. The van der Waals surface area contributed by atoms with Crippen LogP contribution < -0.4 is 4.74 Å². The van der Waals surface area contributed by atoms with Crippen molar-refractivity contribution in [3.8, 4) is 5.75 Å². The zero-order valence-corrected chi connectivity index (χ0v) is 10.9. The molecule has 1 aromatic carbocycles. The van der Waals surface area contributed by atoms with Crippen LogP contribution in [0.3, 0.4) is 0 Å². The van der Waals surface area contributed by atoms with Crippen molar-refractivity contribution >= 4 is 0 Å². The van der Waals surface area contributed by atoms with Crippen molar-refractivity contribution in [1.29, 1.82) is 0 Å². The number of ether oxygens (including phenoxy) is 2. The molecule has 1 aromatic rings. The molecule has 112 valence electrons. The van der Waals surface area contributed by atoms with E-state index in [0.29, 0.717) is 25.4 Å². The SMILES string of the molecule is OC(Cc1ccc(OC(F)(F)F)cc1)CC1CCOC1. The van der Waals surface area contributed by atoms with E-state index in [9.17, 15) is 18.3 Å². The minimum atomic E-state index is -4.68. The molecule has 0 radical (unpaired) electrons. The van der Waals surface area contributed by atoms with Gasteiger partial charge in [0.1, 0.15) is 5.75 Å². The van der Waals surface area contributed by atoms with Crippen LogP contribution in [-0.4, -0.2) is 30.8 Å². The molecule has 0 amide bonds. The summed E-state index contributed by atoms with van der Waals surface area (Å²) >= 11 is 0. The first-order chi connectivity index (χ1) is 9.42. The van der Waals surface area contributed by atoms with Crippen LogP contribution in [0.25, 0.3) is 0 Å². The Morgan fingerprint density at radius 1 is 1.30 bits per heavy atom. The molecular formula is C14H17F3O3. The monoisotopic (exact) mass is 290 g/mol. The van der Waals surface area contributed by atoms with Gasteiger partial charge in [-0.05, 0) is 42.9 Å². The lowest BCUT2D eigenvalue weighted by molar-refractivity contribution is -0.274. The predicted octanol–water partition coefficient (Wildman–Crippen LogP) is 2.92. The van der Waals surface area contributed by atoms with E-state index in [1.54, 1.807) is 0 Å². The van der Waals surface area contributed by atoms with Crippen molar-refractivity contribution in [3.05, 3.63) is 29.8 Å². The van der Waals surface area contributed by atoms with Gasteiger partial charge in [-0.25, -0.2) is 0 Å². The van der Waals surface area contributed by atoms with Gasteiger partial charge in [-0.2, -0.15) is 0 Å². The van der Waals surface area contributed by atoms with Gasteiger partial charge in [0, 0.05) is 13.2 Å². The van der Waals surface area contributed by atoms with E-state index in [1.165, 1.54) is 24.3 Å². The Balaban J connectivity index is 1.83. The highest BCUT2D eigenvalue weighted by molar-refractivity contribution is 5.27. The molecule has 0 aliphatic carbocycles. The van der Waals surface area contributed by atoms with Crippen molar-refractivity contribution in [2.24, 2.45) is 5.92 Å². The molecule has 20 heavy (non-hydrogen) atoms. The summed E-state index contributed by atoms with van der Waals surface area (Å²) in [4.78, 5) is 0. The van der Waals surface area contributed by atoms with Crippen molar-refractivity contribution < 1.29 is 27.8 Å². The van der Waals surface area contributed by atoms with Gasteiger partial charge in [-0.15, -0.1) is 13.2 Å². The summed E-state index contributed by atoms with van der Waals surface area (Å²) in [6.07, 6.45) is -3.15. The highest BCUT2D eigenvalue weighted by Gasteiger charge is 2.31. The van der Waals surface area contributed by atoms with Gasteiger partial charge in [0.15, 0.2) is 0 Å². The van der Waals surface area contributed by atoms with Crippen LogP contribution in [0, 0.1) is 5.92 Å². The number of aliphatic hydroxyl groups is 1. The average Bonchev–Trinajstić information content (AvgIpc) is 2.82. The van der Waals surface area contributed by atoms with E-state index in [1.807, 2.05) is 0 Å². The fourth-order valence-corrected chi connectivity index (χ4v) is 2.34. The minimum Gasteiger partial charge on any atom is -0.406 e. The molecule has 2 atom stereocenters. The molecule has 1 heterocycles. The molecule has 2 rings (SSSR count). The van der Waals surface area contributed by atoms with Gasteiger partial charge in [0.25, 0.3) is 0 Å². The first-order valence-electron chi connectivity index (χ1n) is 6.53. The Labute approximate surface area is 115 Å². The lowest BCUT2D eigenvalue weighted by atomic mass is 9.96. The zero-order valence-electron chi connectivity index (χ0n) is 10.9. The smallest absolute Gasteiger partial charge is 0.406 e. The second-order valence-corrected chi connectivity index (χ2v) is 5.02. The second-order valence-electron chi connectivity index (χ2n) is 5.02. The van der Waals surface area contributed by atoms with Crippen LogP contribution >= 0.6 is 0 Å². The normalized spacial score (nSPS) is 20.9. The molecular weight excluding hydrogens is 273 g/mol. The lowest BCUT2D eigenvalue weighted by Gasteiger charge is -2.15. The standard InChI is InChI=1S/C14H17F3O3/c15-14(16,17)20-13-3-1-10(2-4-13)7-12(18)8-11-5-6-19-9-11/h1-4,11-12,18H,5-9H2. The molecule has 0 spiro atoms. The van der Waals surface area contributed by atoms with E-state index < -0.39 is 12.5 Å². The van der Waals surface area contributed by atoms with Gasteiger partial charge in [-0.3, -0.25) is 0 Å². The molecule has 0 aromatic heterocycles. The Kier molecular flexibility index (Phi) is 4.88. The molecule has 0 saturated carbocycles. The fourth-order valence-electron chi connectivity index (χ4n) is 2.34. The molecule has 1 aliphatic rings. The molecule has 6 heteroatoms. The van der Waals surface area contributed by atoms with E-state index in [-0.39, 0.29) is 5.75 Å². The van der Waals surface area contributed by atoms with Crippen LogP contribution in [0.2, 0.25) is 0 Å². The molecule has 3 nitrogen and oxygen atoms in total. The Morgan fingerprint density at radius 2 is 2.00 bits per heavy atom. The topological polar surface area (TPSA) is 38.7 Å². The van der Waals surface area contributed by atoms with E-state index in [2.05, 4.69) is 4.74 Å². The molecule has 1 N–H and O–H groups in total. The summed E-state index contributed by atoms with van der Waals surface area (Å²) in [5, 5.41) is 9.95. The molecule has 1 aliphatic heterocycles. The molecule has 2 unspecified atom stereocenters. The Bertz CT molecular complexity index is 411. The fraction of sp³-hybridized carbons (Fsp3) is 0.571. The van der Waals surface area contributed by atoms with Crippen LogP contribution in [0.5, 0.6) is 5.75 Å². The third-order valence-electron chi connectivity index (χ3n) is 3.26. The van der Waals surface area contributed by atoms with Gasteiger partial charge in [-0.1, -0.05) is 12.1 Å². The first-order valence-corrected chi connectivity index (χ1v) is 6.53. The maximum Gasteiger partial charge on any atom is 0.573 e. The van der Waals surface area contributed by atoms with Crippen LogP contribution in [-0.2, 0) is 11.2 Å². The summed E-state index contributed by atoms with van der Waals surface area (Å²) in [6, 6.07) is 5.59. The molecule has 1 fully saturated rings. The third kappa shape index (κ3) is 5.02. The number of hydrogen-bond acceptors (Lipinski definition) is 3. The van der Waals surface area contributed by atoms with Crippen LogP contribution in [0.4, 0.5) is 13.2 Å². The van der Waals surface area contributed by atoms with Crippen molar-refractivity contribution in [1.82, 2.24) is 0 Å². The largest absolute Gasteiger partial charge is 0.573 e. The lowest BCUT2D eigenvalue weighted by Crippen LogP contribution is -2.17. The minimum absolute atomic E-state index is 0.250. The second kappa shape index (κ2) is 6.45. The summed E-state index contributed by atoms with van der Waals surface area (Å²) in [6.45, 7) is 1.41. The highest BCUT2D eigenvalue weighted by Crippen LogP contribution is 2.24. The summed E-state index contributed by atoms with van der Waals surface area (Å²) in [5.74, 6) is 0.123. The highest BCUT2D eigenvalue weighted by atomic mass is 19.4. The maximum atomic E-state index is 12.0.